The Hall–Kier alpha value is -3.28. The number of benzene rings is 1. The molecule has 0 saturated carbocycles. The third-order valence-electron chi connectivity index (χ3n) is 4.45. The summed E-state index contributed by atoms with van der Waals surface area (Å²) >= 11 is 0. The SMILES string of the molecule is Cc1cc(C(=O)Nc2c(C)cccc2C(C)C)nc(NCc2ccncc2)n1. The van der Waals surface area contributed by atoms with E-state index in [1.54, 1.807) is 18.5 Å². The molecule has 1 amide bonds. The number of anilines is 2. The van der Waals surface area contributed by atoms with Crippen molar-refractivity contribution in [1.82, 2.24) is 15.0 Å². The fraction of sp³-hybridized carbons (Fsp3) is 0.273. The van der Waals surface area contributed by atoms with E-state index in [1.165, 1.54) is 0 Å². The van der Waals surface area contributed by atoms with Gasteiger partial charge in [0.25, 0.3) is 5.91 Å². The number of rotatable bonds is 6. The Balaban J connectivity index is 1.80. The van der Waals surface area contributed by atoms with Crippen molar-refractivity contribution >= 4 is 17.5 Å². The third-order valence-corrected chi connectivity index (χ3v) is 4.45. The van der Waals surface area contributed by atoms with E-state index in [0.717, 1.165) is 28.1 Å². The standard InChI is InChI=1S/C22H25N5O/c1-14(2)18-7-5-6-15(3)20(18)27-21(28)19-12-16(4)25-22(26-19)24-13-17-8-10-23-11-9-17/h5-12,14H,13H2,1-4H3,(H,27,28)(H,24,25,26). The van der Waals surface area contributed by atoms with Gasteiger partial charge >= 0.3 is 0 Å². The molecule has 0 radical (unpaired) electrons. The number of pyridine rings is 1. The number of nitrogens with zero attached hydrogens (tertiary/aromatic N) is 3. The van der Waals surface area contributed by atoms with Gasteiger partial charge in [-0.05, 0) is 54.7 Å². The number of hydrogen-bond acceptors (Lipinski definition) is 5. The zero-order valence-corrected chi connectivity index (χ0v) is 16.7. The van der Waals surface area contributed by atoms with Gasteiger partial charge in [-0.25, -0.2) is 9.97 Å². The van der Waals surface area contributed by atoms with Crippen molar-refractivity contribution in [2.24, 2.45) is 0 Å². The molecule has 1 aromatic carbocycles. The zero-order valence-electron chi connectivity index (χ0n) is 16.7. The first-order chi connectivity index (χ1) is 13.4. The number of para-hydroxylation sites is 1. The summed E-state index contributed by atoms with van der Waals surface area (Å²) in [5.41, 5.74) is 5.11. The predicted molar refractivity (Wildman–Crippen MR) is 112 cm³/mol. The Morgan fingerprint density at radius 3 is 2.54 bits per heavy atom. The molecule has 3 rings (SSSR count). The van der Waals surface area contributed by atoms with E-state index < -0.39 is 0 Å². The average Bonchev–Trinajstić information content (AvgIpc) is 2.68. The number of aromatic nitrogens is 3. The molecule has 2 aromatic heterocycles. The van der Waals surface area contributed by atoms with Crippen LogP contribution in [-0.4, -0.2) is 20.9 Å². The van der Waals surface area contributed by atoms with Crippen molar-refractivity contribution in [3.05, 3.63) is 76.9 Å². The third kappa shape index (κ3) is 4.71. The highest BCUT2D eigenvalue weighted by Gasteiger charge is 2.15. The Bertz CT molecular complexity index is 970. The van der Waals surface area contributed by atoms with Gasteiger partial charge in [0.2, 0.25) is 5.95 Å². The molecule has 0 atom stereocenters. The number of carbonyl (C=O) groups excluding carboxylic acids is 1. The van der Waals surface area contributed by atoms with E-state index in [9.17, 15) is 4.79 Å². The summed E-state index contributed by atoms with van der Waals surface area (Å²) < 4.78 is 0. The van der Waals surface area contributed by atoms with Crippen LogP contribution in [0.2, 0.25) is 0 Å². The minimum atomic E-state index is -0.242. The Morgan fingerprint density at radius 1 is 1.07 bits per heavy atom. The fourth-order valence-corrected chi connectivity index (χ4v) is 2.97. The van der Waals surface area contributed by atoms with Crippen molar-refractivity contribution in [3.63, 3.8) is 0 Å². The molecule has 6 nitrogen and oxygen atoms in total. The van der Waals surface area contributed by atoms with Crippen LogP contribution in [0.1, 0.15) is 52.6 Å². The van der Waals surface area contributed by atoms with Gasteiger partial charge in [0, 0.05) is 30.3 Å². The first-order valence-electron chi connectivity index (χ1n) is 9.33. The molecular formula is C22H25N5O. The maximum Gasteiger partial charge on any atom is 0.274 e. The predicted octanol–water partition coefficient (Wildman–Crippen LogP) is 4.48. The smallest absolute Gasteiger partial charge is 0.274 e. The second-order valence-corrected chi connectivity index (χ2v) is 7.08. The lowest BCUT2D eigenvalue weighted by molar-refractivity contribution is 0.102. The number of nitrogens with one attached hydrogen (secondary N) is 2. The number of hydrogen-bond donors (Lipinski definition) is 2. The summed E-state index contributed by atoms with van der Waals surface area (Å²) in [6.07, 6.45) is 3.48. The quantitative estimate of drug-likeness (QED) is 0.664. The summed E-state index contributed by atoms with van der Waals surface area (Å²) in [6, 6.07) is 11.6. The molecule has 0 aliphatic carbocycles. The van der Waals surface area contributed by atoms with Gasteiger partial charge in [-0.2, -0.15) is 0 Å². The Morgan fingerprint density at radius 2 is 1.82 bits per heavy atom. The first kappa shape index (κ1) is 19.5. The van der Waals surface area contributed by atoms with Gasteiger partial charge in [-0.3, -0.25) is 9.78 Å². The molecule has 0 aliphatic rings. The van der Waals surface area contributed by atoms with Crippen LogP contribution in [0.3, 0.4) is 0 Å². The second-order valence-electron chi connectivity index (χ2n) is 7.08. The van der Waals surface area contributed by atoms with Crippen molar-refractivity contribution in [2.75, 3.05) is 10.6 Å². The lowest BCUT2D eigenvalue weighted by Gasteiger charge is -2.16. The van der Waals surface area contributed by atoms with Gasteiger partial charge in [-0.1, -0.05) is 32.0 Å². The minimum Gasteiger partial charge on any atom is -0.350 e. The van der Waals surface area contributed by atoms with Gasteiger partial charge in [0.1, 0.15) is 5.69 Å². The van der Waals surface area contributed by atoms with E-state index in [4.69, 9.17) is 0 Å². The summed E-state index contributed by atoms with van der Waals surface area (Å²) in [5, 5.41) is 6.21. The van der Waals surface area contributed by atoms with Gasteiger partial charge in [0.15, 0.2) is 0 Å². The van der Waals surface area contributed by atoms with Crippen LogP contribution in [0.5, 0.6) is 0 Å². The van der Waals surface area contributed by atoms with Crippen LogP contribution in [0, 0.1) is 13.8 Å². The van der Waals surface area contributed by atoms with Crippen molar-refractivity contribution in [1.29, 1.82) is 0 Å². The van der Waals surface area contributed by atoms with Gasteiger partial charge < -0.3 is 10.6 Å². The van der Waals surface area contributed by atoms with E-state index in [-0.39, 0.29) is 5.91 Å². The molecule has 0 spiro atoms. The zero-order chi connectivity index (χ0) is 20.1. The van der Waals surface area contributed by atoms with E-state index in [1.807, 2.05) is 44.2 Å². The molecule has 0 bridgehead atoms. The Kier molecular flexibility index (Phi) is 5.99. The molecule has 28 heavy (non-hydrogen) atoms. The van der Waals surface area contributed by atoms with Crippen molar-refractivity contribution in [2.45, 2.75) is 40.2 Å². The fourth-order valence-electron chi connectivity index (χ4n) is 2.97. The molecule has 2 heterocycles. The highest BCUT2D eigenvalue weighted by Crippen LogP contribution is 2.27. The van der Waals surface area contributed by atoms with Crippen LogP contribution in [0.15, 0.2) is 48.8 Å². The summed E-state index contributed by atoms with van der Waals surface area (Å²) in [7, 11) is 0. The molecule has 144 valence electrons. The lowest BCUT2D eigenvalue weighted by atomic mass is 9.98. The topological polar surface area (TPSA) is 79.8 Å². The van der Waals surface area contributed by atoms with E-state index in [0.29, 0.717) is 24.1 Å². The first-order valence-corrected chi connectivity index (χ1v) is 9.33. The van der Waals surface area contributed by atoms with Crippen molar-refractivity contribution in [3.8, 4) is 0 Å². The minimum absolute atomic E-state index is 0.242. The normalized spacial score (nSPS) is 10.8. The number of aryl methyl sites for hydroxylation is 2. The van der Waals surface area contributed by atoms with Crippen molar-refractivity contribution < 1.29 is 4.79 Å². The summed E-state index contributed by atoms with van der Waals surface area (Å²) in [6.45, 7) is 8.63. The maximum atomic E-state index is 12.9. The second kappa shape index (κ2) is 8.61. The molecule has 0 fully saturated rings. The Labute approximate surface area is 165 Å². The molecule has 6 heteroatoms. The largest absolute Gasteiger partial charge is 0.350 e. The van der Waals surface area contributed by atoms with E-state index in [2.05, 4.69) is 39.4 Å². The summed E-state index contributed by atoms with van der Waals surface area (Å²) in [4.78, 5) is 25.7. The van der Waals surface area contributed by atoms with Crippen LogP contribution >= 0.6 is 0 Å². The lowest BCUT2D eigenvalue weighted by Crippen LogP contribution is -2.18. The van der Waals surface area contributed by atoms with Crippen LogP contribution in [0.25, 0.3) is 0 Å². The molecule has 0 aliphatic heterocycles. The molecule has 0 saturated heterocycles. The highest BCUT2D eigenvalue weighted by atomic mass is 16.1. The maximum absolute atomic E-state index is 12.9. The monoisotopic (exact) mass is 375 g/mol. The van der Waals surface area contributed by atoms with Crippen LogP contribution in [-0.2, 0) is 6.54 Å². The number of carbonyl (C=O) groups is 1. The highest BCUT2D eigenvalue weighted by molar-refractivity contribution is 6.04. The van der Waals surface area contributed by atoms with E-state index >= 15 is 0 Å². The molecule has 2 N–H and O–H groups in total. The van der Waals surface area contributed by atoms with Crippen LogP contribution < -0.4 is 10.6 Å². The average molecular weight is 375 g/mol. The van der Waals surface area contributed by atoms with Crippen LogP contribution in [0.4, 0.5) is 11.6 Å². The molecule has 0 unspecified atom stereocenters. The molecule has 3 aromatic rings. The van der Waals surface area contributed by atoms with Gasteiger partial charge in [-0.15, -0.1) is 0 Å². The number of amides is 1. The molecular weight excluding hydrogens is 350 g/mol. The summed E-state index contributed by atoms with van der Waals surface area (Å²) in [5.74, 6) is 0.490. The van der Waals surface area contributed by atoms with Gasteiger partial charge in [0.05, 0.1) is 0 Å².